The molecule has 2 heterocycles. The minimum absolute atomic E-state index is 0.0490. The van der Waals surface area contributed by atoms with E-state index < -0.39 is 5.97 Å². The molecule has 3 aromatic rings. The quantitative estimate of drug-likeness (QED) is 0.779. The highest BCUT2D eigenvalue weighted by Gasteiger charge is 2.23. The molecule has 0 fully saturated rings. The second-order valence-corrected chi connectivity index (χ2v) is 5.75. The van der Waals surface area contributed by atoms with Crippen molar-refractivity contribution in [2.24, 2.45) is 0 Å². The maximum Gasteiger partial charge on any atom is 0.358 e. The Bertz CT molecular complexity index is 803. The van der Waals surface area contributed by atoms with Gasteiger partial charge in [0, 0.05) is 5.56 Å². The highest BCUT2D eigenvalue weighted by atomic mass is 32.1. The summed E-state index contributed by atoms with van der Waals surface area (Å²) in [6.45, 7) is 3.88. The predicted molar refractivity (Wildman–Crippen MR) is 81.7 cm³/mol. The van der Waals surface area contributed by atoms with Crippen LogP contribution >= 0.6 is 11.3 Å². The summed E-state index contributed by atoms with van der Waals surface area (Å²) < 4.78 is 5.76. The fourth-order valence-corrected chi connectivity index (χ4v) is 2.78. The van der Waals surface area contributed by atoms with Crippen LogP contribution in [-0.4, -0.2) is 16.1 Å². The van der Waals surface area contributed by atoms with Gasteiger partial charge in [-0.3, -0.25) is 0 Å². The third kappa shape index (κ3) is 2.48. The smallest absolute Gasteiger partial charge is 0.358 e. The number of rotatable bonds is 3. The van der Waals surface area contributed by atoms with Crippen LogP contribution in [0.4, 0.5) is 0 Å². The van der Waals surface area contributed by atoms with Crippen molar-refractivity contribution in [2.45, 2.75) is 13.8 Å². The van der Waals surface area contributed by atoms with Gasteiger partial charge in [0.15, 0.2) is 11.5 Å². The first-order valence-electron chi connectivity index (χ1n) is 6.42. The predicted octanol–water partition coefficient (Wildman–Crippen LogP) is 4.39. The zero-order valence-electron chi connectivity index (χ0n) is 11.6. The van der Waals surface area contributed by atoms with Gasteiger partial charge in [-0.15, -0.1) is 11.3 Å². The monoisotopic (exact) mass is 299 g/mol. The first kappa shape index (κ1) is 13.6. The molecule has 0 aliphatic rings. The Balaban J connectivity index is 2.21. The molecule has 1 N–H and O–H groups in total. The summed E-state index contributed by atoms with van der Waals surface area (Å²) in [5.74, 6) is -0.428. The van der Waals surface area contributed by atoms with E-state index in [4.69, 9.17) is 4.42 Å². The van der Waals surface area contributed by atoms with Gasteiger partial charge in [-0.05, 0) is 36.9 Å². The van der Waals surface area contributed by atoms with E-state index in [1.165, 1.54) is 11.3 Å². The molecule has 0 saturated carbocycles. The van der Waals surface area contributed by atoms with Gasteiger partial charge in [-0.25, -0.2) is 9.78 Å². The van der Waals surface area contributed by atoms with E-state index in [-0.39, 0.29) is 5.69 Å². The Morgan fingerprint density at radius 2 is 2.10 bits per heavy atom. The number of hydrogen-bond acceptors (Lipinski definition) is 4. The molecule has 0 atom stereocenters. The van der Waals surface area contributed by atoms with Crippen LogP contribution in [0.15, 0.2) is 40.1 Å². The van der Waals surface area contributed by atoms with Crippen LogP contribution in [0, 0.1) is 13.8 Å². The summed E-state index contributed by atoms with van der Waals surface area (Å²) in [6, 6.07) is 9.58. The lowest BCUT2D eigenvalue weighted by molar-refractivity contribution is 0.0691. The molecule has 0 radical (unpaired) electrons. The van der Waals surface area contributed by atoms with E-state index in [1.807, 2.05) is 49.6 Å². The molecule has 1 aromatic carbocycles. The molecule has 2 aromatic heterocycles. The average Bonchev–Trinajstić information content (AvgIpc) is 3.09. The van der Waals surface area contributed by atoms with Crippen molar-refractivity contribution in [1.82, 2.24) is 4.98 Å². The van der Waals surface area contributed by atoms with Crippen LogP contribution in [0.25, 0.3) is 22.1 Å². The second kappa shape index (κ2) is 5.18. The van der Waals surface area contributed by atoms with Crippen LogP contribution in [0.2, 0.25) is 0 Å². The fourth-order valence-electron chi connectivity index (χ4n) is 2.13. The van der Waals surface area contributed by atoms with Gasteiger partial charge >= 0.3 is 5.97 Å². The van der Waals surface area contributed by atoms with E-state index in [0.717, 1.165) is 21.6 Å². The molecule has 5 heteroatoms. The van der Waals surface area contributed by atoms with Crippen molar-refractivity contribution >= 4 is 17.3 Å². The Kier molecular flexibility index (Phi) is 3.35. The van der Waals surface area contributed by atoms with Gasteiger partial charge in [-0.1, -0.05) is 23.8 Å². The van der Waals surface area contributed by atoms with E-state index in [1.54, 1.807) is 0 Å². The number of thiophene rings is 1. The summed E-state index contributed by atoms with van der Waals surface area (Å²) in [6.07, 6.45) is 0. The maximum atomic E-state index is 11.5. The third-order valence-electron chi connectivity index (χ3n) is 3.20. The molecule has 0 aliphatic heterocycles. The summed E-state index contributed by atoms with van der Waals surface area (Å²) >= 11 is 1.46. The summed E-state index contributed by atoms with van der Waals surface area (Å²) in [7, 11) is 0. The average molecular weight is 299 g/mol. The molecule has 106 valence electrons. The highest BCUT2D eigenvalue weighted by Crippen LogP contribution is 2.33. The van der Waals surface area contributed by atoms with Crippen molar-refractivity contribution in [3.8, 4) is 22.1 Å². The van der Waals surface area contributed by atoms with Gasteiger partial charge in [0.1, 0.15) is 0 Å². The van der Waals surface area contributed by atoms with Crippen molar-refractivity contribution in [2.75, 3.05) is 0 Å². The minimum atomic E-state index is -1.09. The van der Waals surface area contributed by atoms with Gasteiger partial charge < -0.3 is 9.52 Å². The third-order valence-corrected chi connectivity index (χ3v) is 4.06. The second-order valence-electron chi connectivity index (χ2n) is 4.80. The standard InChI is InChI=1S/C16H13NO3S/c1-9-5-6-10(2)11(8-9)14-13(16(18)19)17-15(20-14)12-4-3-7-21-12/h3-8H,1-2H3,(H,18,19). The Labute approximate surface area is 125 Å². The van der Waals surface area contributed by atoms with E-state index in [2.05, 4.69) is 4.98 Å². The lowest BCUT2D eigenvalue weighted by Crippen LogP contribution is -1.99. The number of carboxylic acid groups (broad SMARTS) is 1. The molecule has 0 saturated heterocycles. The van der Waals surface area contributed by atoms with Crippen molar-refractivity contribution in [1.29, 1.82) is 0 Å². The Morgan fingerprint density at radius 1 is 1.29 bits per heavy atom. The fraction of sp³-hybridized carbons (Fsp3) is 0.125. The molecule has 3 rings (SSSR count). The van der Waals surface area contributed by atoms with Crippen LogP contribution in [0.1, 0.15) is 21.6 Å². The van der Waals surface area contributed by atoms with Crippen LogP contribution in [0.3, 0.4) is 0 Å². The zero-order valence-corrected chi connectivity index (χ0v) is 12.4. The van der Waals surface area contributed by atoms with E-state index in [0.29, 0.717) is 11.7 Å². The first-order chi connectivity index (χ1) is 10.1. The number of aromatic carboxylic acids is 1. The summed E-state index contributed by atoms with van der Waals surface area (Å²) in [5, 5.41) is 11.3. The lowest BCUT2D eigenvalue weighted by Gasteiger charge is -2.04. The summed E-state index contributed by atoms with van der Waals surface area (Å²) in [4.78, 5) is 16.4. The van der Waals surface area contributed by atoms with Crippen LogP contribution < -0.4 is 0 Å². The molecular weight excluding hydrogens is 286 g/mol. The molecule has 0 aliphatic carbocycles. The molecular formula is C16H13NO3S. The topological polar surface area (TPSA) is 63.3 Å². The zero-order chi connectivity index (χ0) is 15.0. The number of aromatic nitrogens is 1. The SMILES string of the molecule is Cc1ccc(C)c(-c2oc(-c3cccs3)nc2C(=O)O)c1. The van der Waals surface area contributed by atoms with Crippen molar-refractivity contribution in [3.05, 3.63) is 52.5 Å². The van der Waals surface area contributed by atoms with Gasteiger partial charge in [0.05, 0.1) is 4.88 Å². The highest BCUT2D eigenvalue weighted by molar-refractivity contribution is 7.13. The molecule has 0 amide bonds. The molecule has 0 bridgehead atoms. The number of oxazole rings is 1. The van der Waals surface area contributed by atoms with Gasteiger partial charge in [-0.2, -0.15) is 0 Å². The Hall–Kier alpha value is -2.40. The van der Waals surface area contributed by atoms with Crippen molar-refractivity contribution < 1.29 is 14.3 Å². The maximum absolute atomic E-state index is 11.5. The van der Waals surface area contributed by atoms with Gasteiger partial charge in [0.2, 0.25) is 5.89 Å². The molecule has 21 heavy (non-hydrogen) atoms. The molecule has 0 spiro atoms. The Morgan fingerprint density at radius 3 is 2.76 bits per heavy atom. The van der Waals surface area contributed by atoms with E-state index in [9.17, 15) is 9.90 Å². The van der Waals surface area contributed by atoms with Gasteiger partial charge in [0.25, 0.3) is 0 Å². The van der Waals surface area contributed by atoms with Crippen molar-refractivity contribution in [3.63, 3.8) is 0 Å². The first-order valence-corrected chi connectivity index (χ1v) is 7.30. The number of nitrogens with zero attached hydrogens (tertiary/aromatic N) is 1. The molecule has 0 unspecified atom stereocenters. The van der Waals surface area contributed by atoms with Crippen LogP contribution in [-0.2, 0) is 0 Å². The largest absolute Gasteiger partial charge is 0.476 e. The number of carboxylic acids is 1. The normalized spacial score (nSPS) is 10.8. The molecule has 4 nitrogen and oxygen atoms in total. The van der Waals surface area contributed by atoms with Crippen LogP contribution in [0.5, 0.6) is 0 Å². The van der Waals surface area contributed by atoms with E-state index >= 15 is 0 Å². The number of carbonyl (C=O) groups is 1. The minimum Gasteiger partial charge on any atom is -0.476 e. The number of hydrogen-bond donors (Lipinski definition) is 1. The number of aryl methyl sites for hydroxylation is 2. The number of benzene rings is 1. The summed E-state index contributed by atoms with van der Waals surface area (Å²) in [5.41, 5.74) is 2.72. The lowest BCUT2D eigenvalue weighted by atomic mass is 10.0.